The highest BCUT2D eigenvalue weighted by Crippen LogP contribution is 2.28. The van der Waals surface area contributed by atoms with Gasteiger partial charge in [-0.05, 0) is 0 Å². The van der Waals surface area contributed by atoms with Gasteiger partial charge in [-0.3, -0.25) is 0 Å². The first-order valence-electron chi connectivity index (χ1n) is 2.34. The zero-order valence-corrected chi connectivity index (χ0v) is 5.29. The van der Waals surface area contributed by atoms with E-state index in [1.807, 2.05) is 0 Å². The summed E-state index contributed by atoms with van der Waals surface area (Å²) in [5, 5.41) is 0. The maximum atomic E-state index is 10.4. The zero-order chi connectivity index (χ0) is 5.82. The van der Waals surface area contributed by atoms with Crippen LogP contribution in [0.4, 0.5) is 0 Å². The maximum absolute atomic E-state index is 10.4. The Labute approximate surface area is 48.9 Å². The van der Waals surface area contributed by atoms with Crippen LogP contribution in [0.2, 0.25) is 0 Å². The molecule has 46 valence electrons. The molecular weight excluding hydrogens is 127 g/mol. The second-order valence-corrected chi connectivity index (χ2v) is 2.42. The molecule has 0 aromatic rings. The molecule has 0 N–H and O–H groups in total. The van der Waals surface area contributed by atoms with Crippen molar-refractivity contribution in [2.45, 2.75) is 0 Å². The molecule has 0 spiro atoms. The minimum absolute atomic E-state index is 0.414. The number of hydrogen-bond donors (Lipinski definition) is 0. The average molecular weight is 134 g/mol. The SMILES string of the molecule is [O-][PH+]1OCC=CCO1. The first-order valence-corrected chi connectivity index (χ1v) is 3.56. The molecule has 1 heterocycles. The highest BCUT2D eigenvalue weighted by molar-refractivity contribution is 7.39. The van der Waals surface area contributed by atoms with Crippen LogP contribution < -0.4 is 4.89 Å². The Bertz CT molecular complexity index is 83.3. The van der Waals surface area contributed by atoms with Gasteiger partial charge in [-0.15, -0.1) is 0 Å². The van der Waals surface area contributed by atoms with Crippen LogP contribution in [0.5, 0.6) is 0 Å². The van der Waals surface area contributed by atoms with Gasteiger partial charge in [-0.25, -0.2) is 9.05 Å². The van der Waals surface area contributed by atoms with Crippen molar-refractivity contribution in [1.82, 2.24) is 0 Å². The molecule has 0 atom stereocenters. The fourth-order valence-corrected chi connectivity index (χ4v) is 0.958. The Kier molecular flexibility index (Phi) is 2.43. The normalized spacial score (nSPS) is 23.1. The van der Waals surface area contributed by atoms with E-state index in [4.69, 9.17) is 0 Å². The molecule has 0 fully saturated rings. The molecule has 1 aliphatic heterocycles. The standard InChI is InChI=1S/C4H7O3P/c5-8-6-3-1-2-4-7-8/h1-2,8H,3-4H2. The molecule has 0 aliphatic carbocycles. The monoisotopic (exact) mass is 134 g/mol. The van der Waals surface area contributed by atoms with Crippen LogP contribution in [-0.4, -0.2) is 13.2 Å². The second-order valence-electron chi connectivity index (χ2n) is 1.34. The Morgan fingerprint density at radius 3 is 2.25 bits per heavy atom. The van der Waals surface area contributed by atoms with Gasteiger partial charge in [0.2, 0.25) is 8.60 Å². The van der Waals surface area contributed by atoms with Gasteiger partial charge in [-0.2, -0.15) is 0 Å². The Hall–Kier alpha value is 0.0500. The fraction of sp³-hybridized carbons (Fsp3) is 0.500. The Morgan fingerprint density at radius 2 is 1.75 bits per heavy atom. The molecule has 3 nitrogen and oxygen atoms in total. The van der Waals surface area contributed by atoms with Crippen LogP contribution in [0.3, 0.4) is 0 Å². The molecule has 0 aromatic carbocycles. The lowest BCUT2D eigenvalue weighted by Gasteiger charge is -2.05. The molecular formula is C4H7O3P. The van der Waals surface area contributed by atoms with E-state index in [0.717, 1.165) is 0 Å². The fourth-order valence-electron chi connectivity index (χ4n) is 0.410. The summed E-state index contributed by atoms with van der Waals surface area (Å²) in [7, 11) is -2.14. The molecule has 0 radical (unpaired) electrons. The topological polar surface area (TPSA) is 41.5 Å². The van der Waals surface area contributed by atoms with Crippen LogP contribution in [0.15, 0.2) is 12.2 Å². The summed E-state index contributed by atoms with van der Waals surface area (Å²) in [4.78, 5) is 10.4. The van der Waals surface area contributed by atoms with Gasteiger partial charge in [-0.1, -0.05) is 12.2 Å². The summed E-state index contributed by atoms with van der Waals surface area (Å²) in [5.41, 5.74) is 0. The molecule has 1 aliphatic rings. The van der Waals surface area contributed by atoms with Crippen molar-refractivity contribution in [3.63, 3.8) is 0 Å². The van der Waals surface area contributed by atoms with Crippen LogP contribution in [0, 0.1) is 0 Å². The molecule has 1 rings (SSSR count). The van der Waals surface area contributed by atoms with Gasteiger partial charge in [0, 0.05) is 0 Å². The summed E-state index contributed by atoms with van der Waals surface area (Å²) < 4.78 is 9.28. The number of rotatable bonds is 0. The van der Waals surface area contributed by atoms with Crippen molar-refractivity contribution < 1.29 is 13.9 Å². The predicted molar refractivity (Wildman–Crippen MR) is 29.4 cm³/mol. The van der Waals surface area contributed by atoms with E-state index in [1.54, 1.807) is 12.2 Å². The molecule has 0 saturated heterocycles. The van der Waals surface area contributed by atoms with Crippen LogP contribution in [0.25, 0.3) is 0 Å². The summed E-state index contributed by atoms with van der Waals surface area (Å²) in [5.74, 6) is 0. The van der Waals surface area contributed by atoms with Crippen molar-refractivity contribution in [1.29, 1.82) is 0 Å². The van der Waals surface area contributed by atoms with E-state index in [2.05, 4.69) is 9.05 Å². The summed E-state index contributed by atoms with van der Waals surface area (Å²) in [6, 6.07) is 0. The van der Waals surface area contributed by atoms with E-state index < -0.39 is 8.60 Å². The average Bonchev–Trinajstić information content (AvgIpc) is 1.94. The molecule has 0 amide bonds. The minimum atomic E-state index is -2.14. The molecule has 0 bridgehead atoms. The van der Waals surface area contributed by atoms with Crippen LogP contribution >= 0.6 is 8.60 Å². The highest BCUT2D eigenvalue weighted by Gasteiger charge is 2.03. The summed E-state index contributed by atoms with van der Waals surface area (Å²) in [6.45, 7) is 0.829. The first kappa shape index (κ1) is 6.17. The maximum Gasteiger partial charge on any atom is 0.225 e. The molecule has 8 heavy (non-hydrogen) atoms. The summed E-state index contributed by atoms with van der Waals surface area (Å²) in [6.07, 6.45) is 3.57. The van der Waals surface area contributed by atoms with Crippen molar-refractivity contribution in [3.8, 4) is 0 Å². The van der Waals surface area contributed by atoms with Crippen molar-refractivity contribution >= 4 is 8.60 Å². The second kappa shape index (κ2) is 3.15. The van der Waals surface area contributed by atoms with Crippen molar-refractivity contribution in [2.24, 2.45) is 0 Å². The molecule has 0 unspecified atom stereocenters. The van der Waals surface area contributed by atoms with Crippen LogP contribution in [-0.2, 0) is 9.05 Å². The molecule has 0 saturated carbocycles. The third-order valence-corrected chi connectivity index (χ3v) is 1.57. The lowest BCUT2D eigenvalue weighted by molar-refractivity contribution is -0.201. The van der Waals surface area contributed by atoms with E-state index in [-0.39, 0.29) is 0 Å². The Balaban J connectivity index is 2.28. The largest absolute Gasteiger partial charge is 0.633 e. The third kappa shape index (κ3) is 1.88. The quantitative estimate of drug-likeness (QED) is 0.343. The smallest absolute Gasteiger partial charge is 0.225 e. The Morgan fingerprint density at radius 1 is 1.25 bits per heavy atom. The van der Waals surface area contributed by atoms with Gasteiger partial charge < -0.3 is 4.89 Å². The van der Waals surface area contributed by atoms with Gasteiger partial charge in [0.25, 0.3) is 0 Å². The van der Waals surface area contributed by atoms with E-state index in [1.165, 1.54) is 0 Å². The van der Waals surface area contributed by atoms with Crippen molar-refractivity contribution in [2.75, 3.05) is 13.2 Å². The van der Waals surface area contributed by atoms with Gasteiger partial charge in [0.1, 0.15) is 13.2 Å². The lowest BCUT2D eigenvalue weighted by Crippen LogP contribution is -2.00. The highest BCUT2D eigenvalue weighted by atomic mass is 31.2. The summed E-state index contributed by atoms with van der Waals surface area (Å²) >= 11 is 0. The third-order valence-electron chi connectivity index (χ3n) is 0.761. The van der Waals surface area contributed by atoms with Gasteiger partial charge in [0.15, 0.2) is 0 Å². The predicted octanol–water partition coefficient (Wildman–Crippen LogP) is -0.0911. The van der Waals surface area contributed by atoms with Gasteiger partial charge in [0.05, 0.1) is 0 Å². The number of hydrogen-bond acceptors (Lipinski definition) is 3. The molecule has 0 aromatic heterocycles. The van der Waals surface area contributed by atoms with Crippen LogP contribution in [0.1, 0.15) is 0 Å². The van der Waals surface area contributed by atoms with Gasteiger partial charge >= 0.3 is 0 Å². The van der Waals surface area contributed by atoms with Crippen molar-refractivity contribution in [3.05, 3.63) is 12.2 Å². The lowest BCUT2D eigenvalue weighted by atomic mass is 10.5. The van der Waals surface area contributed by atoms with E-state index >= 15 is 0 Å². The molecule has 4 heteroatoms. The van der Waals surface area contributed by atoms with E-state index in [9.17, 15) is 4.89 Å². The first-order chi connectivity index (χ1) is 3.89. The zero-order valence-electron chi connectivity index (χ0n) is 4.29. The minimum Gasteiger partial charge on any atom is -0.633 e. The van der Waals surface area contributed by atoms with E-state index in [0.29, 0.717) is 13.2 Å².